The van der Waals surface area contributed by atoms with Gasteiger partial charge in [-0.1, -0.05) is 13.3 Å². The standard InChI is InChI=1S/C14H17IN6O/c1-2-3-8-17-12-11(21-22)13(20-14(16)19-12)18-10-6-4-9(15)5-7-10/h4-7H,2-3,8H2,1H3,(H4,16,17,18,19,20). The van der Waals surface area contributed by atoms with Gasteiger partial charge in [-0.25, -0.2) is 0 Å². The lowest BCUT2D eigenvalue weighted by Crippen LogP contribution is -2.08. The van der Waals surface area contributed by atoms with Crippen LogP contribution in [0, 0.1) is 8.48 Å². The molecule has 4 N–H and O–H groups in total. The molecule has 7 nitrogen and oxygen atoms in total. The summed E-state index contributed by atoms with van der Waals surface area (Å²) in [7, 11) is 0. The number of nitrogen functional groups attached to an aromatic ring is 1. The molecule has 0 atom stereocenters. The number of nitrogens with two attached hydrogens (primary N) is 1. The first-order valence-electron chi connectivity index (χ1n) is 6.91. The highest BCUT2D eigenvalue weighted by molar-refractivity contribution is 14.1. The fraction of sp³-hybridized carbons (Fsp3) is 0.286. The number of nitroso groups, excluding NO2 is 1. The molecule has 0 aliphatic heterocycles. The van der Waals surface area contributed by atoms with Gasteiger partial charge in [-0.05, 0) is 58.5 Å². The summed E-state index contributed by atoms with van der Waals surface area (Å²) in [6, 6.07) is 7.67. The molecule has 2 rings (SSSR count). The molecule has 1 heterocycles. The van der Waals surface area contributed by atoms with Crippen molar-refractivity contribution in [3.63, 3.8) is 0 Å². The molecule has 0 unspecified atom stereocenters. The van der Waals surface area contributed by atoms with Crippen LogP contribution in [-0.4, -0.2) is 16.5 Å². The average Bonchev–Trinajstić information content (AvgIpc) is 2.50. The van der Waals surface area contributed by atoms with Crippen LogP contribution in [0.25, 0.3) is 0 Å². The Balaban J connectivity index is 2.29. The number of anilines is 4. The molecule has 0 spiro atoms. The van der Waals surface area contributed by atoms with E-state index in [1.165, 1.54) is 0 Å². The normalized spacial score (nSPS) is 10.3. The van der Waals surface area contributed by atoms with Gasteiger partial charge in [0.2, 0.25) is 5.95 Å². The molecule has 8 heteroatoms. The summed E-state index contributed by atoms with van der Waals surface area (Å²) in [5, 5.41) is 9.18. The highest BCUT2D eigenvalue weighted by Crippen LogP contribution is 2.33. The molecule has 0 aliphatic carbocycles. The Morgan fingerprint density at radius 3 is 2.55 bits per heavy atom. The first-order chi connectivity index (χ1) is 10.6. The number of hydrogen-bond acceptors (Lipinski definition) is 7. The fourth-order valence-electron chi connectivity index (χ4n) is 1.82. The molecule has 0 fully saturated rings. The number of nitrogens with zero attached hydrogens (tertiary/aromatic N) is 3. The lowest BCUT2D eigenvalue weighted by atomic mass is 10.3. The molecule has 1 aromatic heterocycles. The van der Waals surface area contributed by atoms with Crippen molar-refractivity contribution in [3.05, 3.63) is 32.7 Å². The van der Waals surface area contributed by atoms with Crippen molar-refractivity contribution in [2.24, 2.45) is 5.18 Å². The maximum absolute atomic E-state index is 11.2. The number of halogens is 1. The second-order valence-electron chi connectivity index (χ2n) is 4.63. The van der Waals surface area contributed by atoms with Gasteiger partial charge < -0.3 is 16.4 Å². The van der Waals surface area contributed by atoms with Crippen LogP contribution < -0.4 is 16.4 Å². The summed E-state index contributed by atoms with van der Waals surface area (Å²) in [6.07, 6.45) is 1.99. The lowest BCUT2D eigenvalue weighted by molar-refractivity contribution is 0.831. The quantitative estimate of drug-likeness (QED) is 0.361. The molecule has 116 valence electrons. The Morgan fingerprint density at radius 1 is 1.23 bits per heavy atom. The molecule has 0 radical (unpaired) electrons. The van der Waals surface area contributed by atoms with Gasteiger partial charge in [0.25, 0.3) is 0 Å². The minimum atomic E-state index is 0.0828. The molecule has 0 saturated heterocycles. The van der Waals surface area contributed by atoms with Crippen LogP contribution in [0.3, 0.4) is 0 Å². The Labute approximate surface area is 142 Å². The highest BCUT2D eigenvalue weighted by Gasteiger charge is 2.14. The minimum absolute atomic E-state index is 0.0828. The Hall–Kier alpha value is -1.97. The van der Waals surface area contributed by atoms with E-state index in [4.69, 9.17) is 5.73 Å². The maximum Gasteiger partial charge on any atom is 0.224 e. The third kappa shape index (κ3) is 4.26. The number of nitrogens with one attached hydrogen (secondary N) is 2. The molecule has 2 aromatic rings. The van der Waals surface area contributed by atoms with E-state index in [1.54, 1.807) is 0 Å². The van der Waals surface area contributed by atoms with E-state index in [1.807, 2.05) is 24.3 Å². The lowest BCUT2D eigenvalue weighted by Gasteiger charge is -2.12. The van der Waals surface area contributed by atoms with Gasteiger partial charge in [0.1, 0.15) is 0 Å². The van der Waals surface area contributed by atoms with Crippen LogP contribution >= 0.6 is 22.6 Å². The van der Waals surface area contributed by atoms with Crippen LogP contribution in [0.5, 0.6) is 0 Å². The molecule has 22 heavy (non-hydrogen) atoms. The maximum atomic E-state index is 11.2. The van der Waals surface area contributed by atoms with Gasteiger partial charge in [-0.3, -0.25) is 0 Å². The van der Waals surface area contributed by atoms with Crippen LogP contribution in [0.2, 0.25) is 0 Å². The molecule has 0 aliphatic rings. The van der Waals surface area contributed by atoms with Crippen molar-refractivity contribution in [2.75, 3.05) is 22.9 Å². The summed E-state index contributed by atoms with van der Waals surface area (Å²) in [5.74, 6) is 0.728. The third-order valence-electron chi connectivity index (χ3n) is 2.92. The number of benzene rings is 1. The van der Waals surface area contributed by atoms with Crippen LogP contribution in [-0.2, 0) is 0 Å². The van der Waals surface area contributed by atoms with Gasteiger partial charge in [0.05, 0.1) is 0 Å². The summed E-state index contributed by atoms with van der Waals surface area (Å²) >= 11 is 2.22. The van der Waals surface area contributed by atoms with E-state index in [2.05, 4.69) is 55.3 Å². The minimum Gasteiger partial charge on any atom is -0.368 e. The molecule has 1 aromatic carbocycles. The van der Waals surface area contributed by atoms with Crippen LogP contribution in [0.15, 0.2) is 29.4 Å². The van der Waals surface area contributed by atoms with Crippen molar-refractivity contribution < 1.29 is 0 Å². The summed E-state index contributed by atoms with van der Waals surface area (Å²) in [5.41, 5.74) is 6.64. The first kappa shape index (κ1) is 16.4. The monoisotopic (exact) mass is 412 g/mol. The zero-order chi connectivity index (χ0) is 15.9. The highest BCUT2D eigenvalue weighted by atomic mass is 127. The van der Waals surface area contributed by atoms with E-state index in [0.29, 0.717) is 18.2 Å². The number of unbranched alkanes of at least 4 members (excludes halogenated alkanes) is 1. The SMILES string of the molecule is CCCCNc1nc(N)nc(Nc2ccc(I)cc2)c1N=O. The van der Waals surface area contributed by atoms with Crippen molar-refractivity contribution in [1.29, 1.82) is 0 Å². The average molecular weight is 412 g/mol. The van der Waals surface area contributed by atoms with E-state index >= 15 is 0 Å². The molecular formula is C14H17IN6O. The summed E-state index contributed by atoms with van der Waals surface area (Å²) in [4.78, 5) is 19.3. The van der Waals surface area contributed by atoms with Gasteiger partial charge in [0.15, 0.2) is 17.3 Å². The van der Waals surface area contributed by atoms with Crippen molar-refractivity contribution >= 4 is 51.5 Å². The van der Waals surface area contributed by atoms with Gasteiger partial charge in [0, 0.05) is 15.8 Å². The molecule has 0 saturated carbocycles. The predicted molar refractivity (Wildman–Crippen MR) is 97.7 cm³/mol. The summed E-state index contributed by atoms with van der Waals surface area (Å²) in [6.45, 7) is 2.77. The van der Waals surface area contributed by atoms with E-state index in [0.717, 1.165) is 22.1 Å². The fourth-order valence-corrected chi connectivity index (χ4v) is 2.18. The molecule has 0 bridgehead atoms. The molecule has 0 amide bonds. The Kier molecular flexibility index (Phi) is 5.87. The number of rotatable bonds is 7. The van der Waals surface area contributed by atoms with Gasteiger partial charge in [-0.2, -0.15) is 9.97 Å². The van der Waals surface area contributed by atoms with Crippen molar-refractivity contribution in [1.82, 2.24) is 9.97 Å². The third-order valence-corrected chi connectivity index (χ3v) is 3.64. The second-order valence-corrected chi connectivity index (χ2v) is 5.88. The topological polar surface area (TPSA) is 105 Å². The smallest absolute Gasteiger partial charge is 0.224 e. The Bertz CT molecular complexity index is 647. The summed E-state index contributed by atoms with van der Waals surface area (Å²) < 4.78 is 1.11. The molecular weight excluding hydrogens is 395 g/mol. The predicted octanol–water partition coefficient (Wildman–Crippen LogP) is 4.02. The van der Waals surface area contributed by atoms with E-state index in [9.17, 15) is 4.91 Å². The zero-order valence-electron chi connectivity index (χ0n) is 12.1. The van der Waals surface area contributed by atoms with E-state index < -0.39 is 0 Å². The zero-order valence-corrected chi connectivity index (χ0v) is 14.3. The van der Waals surface area contributed by atoms with Crippen molar-refractivity contribution in [3.8, 4) is 0 Å². The van der Waals surface area contributed by atoms with Crippen molar-refractivity contribution in [2.45, 2.75) is 19.8 Å². The van der Waals surface area contributed by atoms with Gasteiger partial charge >= 0.3 is 0 Å². The van der Waals surface area contributed by atoms with E-state index in [-0.39, 0.29) is 11.6 Å². The first-order valence-corrected chi connectivity index (χ1v) is 7.99. The number of hydrogen-bond donors (Lipinski definition) is 3. The van der Waals surface area contributed by atoms with Gasteiger partial charge in [-0.15, -0.1) is 4.91 Å². The number of aromatic nitrogens is 2. The second kappa shape index (κ2) is 7.87. The Morgan fingerprint density at radius 2 is 1.91 bits per heavy atom. The van der Waals surface area contributed by atoms with Crippen LogP contribution in [0.4, 0.5) is 29.0 Å². The largest absolute Gasteiger partial charge is 0.368 e. The van der Waals surface area contributed by atoms with Crippen LogP contribution in [0.1, 0.15) is 19.8 Å².